The van der Waals surface area contributed by atoms with E-state index in [9.17, 15) is 0 Å². The highest BCUT2D eigenvalue weighted by Gasteiger charge is 2.28. The second-order valence-corrected chi connectivity index (χ2v) is 13.1. The number of anilines is 1. The highest BCUT2D eigenvalue weighted by molar-refractivity contribution is 6.96. The fourth-order valence-corrected chi connectivity index (χ4v) is 7.04. The fraction of sp³-hybridized carbons (Fsp3) is 0.381. The van der Waals surface area contributed by atoms with Crippen molar-refractivity contribution in [2.75, 3.05) is 70.8 Å². The Morgan fingerprint density at radius 1 is 0.479 bits per heavy atom. The third-order valence-corrected chi connectivity index (χ3v) is 9.18. The van der Waals surface area contributed by atoms with Crippen LogP contribution in [-0.4, -0.2) is 72.7 Å². The van der Waals surface area contributed by atoms with Gasteiger partial charge in [-0.3, -0.25) is 0 Å². The Morgan fingerprint density at radius 2 is 0.833 bits per heavy atom. The first-order valence-electron chi connectivity index (χ1n) is 17.4. The van der Waals surface area contributed by atoms with Crippen molar-refractivity contribution in [2.45, 2.75) is 41.5 Å². The molecule has 0 saturated carbocycles. The summed E-state index contributed by atoms with van der Waals surface area (Å²) >= 11 is 0. The maximum atomic E-state index is 5.82. The van der Waals surface area contributed by atoms with E-state index < -0.39 is 0 Å². The van der Waals surface area contributed by atoms with Crippen LogP contribution in [0.4, 0.5) is 5.69 Å². The molecule has 252 valence electrons. The normalized spacial score (nSPS) is 15.7. The maximum Gasteiger partial charge on any atom is 0.242 e. The van der Waals surface area contributed by atoms with E-state index in [2.05, 4.69) is 131 Å². The van der Waals surface area contributed by atoms with Gasteiger partial charge in [-0.1, -0.05) is 123 Å². The molecule has 0 bridgehead atoms. The van der Waals surface area contributed by atoms with Crippen LogP contribution in [0.5, 0.6) is 0 Å². The van der Waals surface area contributed by atoms with E-state index in [-0.39, 0.29) is 6.71 Å². The molecule has 1 aliphatic rings. The molecule has 0 aromatic heterocycles. The summed E-state index contributed by atoms with van der Waals surface area (Å²) in [5, 5.41) is 0. The minimum Gasteiger partial charge on any atom is -0.377 e. The predicted molar refractivity (Wildman–Crippen MR) is 203 cm³/mol. The van der Waals surface area contributed by atoms with Crippen molar-refractivity contribution in [3.63, 3.8) is 0 Å². The molecule has 1 saturated heterocycles. The monoisotopic (exact) mass is 645 g/mol. The minimum atomic E-state index is 0.179. The second-order valence-electron chi connectivity index (χ2n) is 13.1. The number of nitrogens with zero attached hydrogens (tertiary/aromatic N) is 1. The molecule has 0 spiro atoms. The standard InChI is InChI=1S/C42H52BNO4/c1-31-27-33(3)41(34(4)28-31)43(42-35(5)29-32(2)30-36(42)6)39-13-9-37(10-14-39)7-8-38-11-15-40(16-12-38)44-17-19-45-21-23-47-25-26-48-24-22-46-20-18-44/h7-16,27-30H,17-26H2,1-6H3/b8-7+. The van der Waals surface area contributed by atoms with Crippen molar-refractivity contribution in [3.8, 4) is 0 Å². The van der Waals surface area contributed by atoms with E-state index in [1.807, 2.05) is 0 Å². The molecule has 0 aliphatic carbocycles. The zero-order chi connectivity index (χ0) is 33.9. The lowest BCUT2D eigenvalue weighted by atomic mass is 9.34. The fourth-order valence-electron chi connectivity index (χ4n) is 7.04. The number of ether oxygens (including phenoxy) is 4. The van der Waals surface area contributed by atoms with Crippen LogP contribution < -0.4 is 21.3 Å². The molecular weight excluding hydrogens is 593 g/mol. The summed E-state index contributed by atoms with van der Waals surface area (Å²) in [6.07, 6.45) is 4.39. The van der Waals surface area contributed by atoms with E-state index in [0.29, 0.717) is 52.9 Å². The first kappa shape index (κ1) is 35.6. The van der Waals surface area contributed by atoms with E-state index >= 15 is 0 Å². The Hall–Kier alpha value is -3.68. The Morgan fingerprint density at radius 3 is 1.23 bits per heavy atom. The van der Waals surface area contributed by atoms with Crippen LogP contribution in [0.25, 0.3) is 12.2 Å². The van der Waals surface area contributed by atoms with Crippen molar-refractivity contribution in [1.29, 1.82) is 0 Å². The molecule has 48 heavy (non-hydrogen) atoms. The lowest BCUT2D eigenvalue weighted by Crippen LogP contribution is -2.55. The maximum absolute atomic E-state index is 5.82. The highest BCUT2D eigenvalue weighted by Crippen LogP contribution is 2.18. The van der Waals surface area contributed by atoms with Gasteiger partial charge in [0.05, 0.1) is 52.9 Å². The summed E-state index contributed by atoms with van der Waals surface area (Å²) in [7, 11) is 0. The number of hydrogen-bond acceptors (Lipinski definition) is 5. The third kappa shape index (κ3) is 9.70. The SMILES string of the molecule is Cc1cc(C)c(B(c2ccc(/C=C/c3ccc(N4CCOCCOCCOCCOCC4)cc3)cc2)c2c(C)cc(C)cc2C)c(C)c1. The molecule has 6 heteroatoms. The molecule has 1 aliphatic heterocycles. The zero-order valence-electron chi connectivity index (χ0n) is 29.8. The molecule has 5 rings (SSSR count). The van der Waals surface area contributed by atoms with Gasteiger partial charge in [0.2, 0.25) is 6.71 Å². The van der Waals surface area contributed by atoms with Crippen LogP contribution in [0.3, 0.4) is 0 Å². The largest absolute Gasteiger partial charge is 0.377 e. The van der Waals surface area contributed by atoms with E-state index in [0.717, 1.165) is 24.3 Å². The predicted octanol–water partition coefficient (Wildman–Crippen LogP) is 6.11. The molecule has 4 aromatic rings. The lowest BCUT2D eigenvalue weighted by Gasteiger charge is -2.25. The number of benzene rings is 4. The summed E-state index contributed by atoms with van der Waals surface area (Å²) in [6.45, 7) is 20.0. The third-order valence-electron chi connectivity index (χ3n) is 9.18. The smallest absolute Gasteiger partial charge is 0.242 e. The lowest BCUT2D eigenvalue weighted by molar-refractivity contribution is 0.00206. The van der Waals surface area contributed by atoms with Crippen molar-refractivity contribution in [1.82, 2.24) is 0 Å². The quantitative estimate of drug-likeness (QED) is 0.187. The summed E-state index contributed by atoms with van der Waals surface area (Å²) in [5.74, 6) is 0. The van der Waals surface area contributed by atoms with Crippen LogP contribution in [0.15, 0.2) is 72.8 Å². The number of aryl methyl sites for hydroxylation is 6. The van der Waals surface area contributed by atoms with Gasteiger partial charge in [-0.25, -0.2) is 0 Å². The Kier molecular flexibility index (Phi) is 13.1. The van der Waals surface area contributed by atoms with Gasteiger partial charge >= 0.3 is 0 Å². The molecule has 4 aromatic carbocycles. The Bertz CT molecular complexity index is 1530. The molecule has 1 fully saturated rings. The average Bonchev–Trinajstić information content (AvgIpc) is 3.06. The minimum absolute atomic E-state index is 0.179. The van der Waals surface area contributed by atoms with Gasteiger partial charge < -0.3 is 23.8 Å². The first-order chi connectivity index (χ1) is 23.3. The van der Waals surface area contributed by atoms with Gasteiger partial charge in [-0.15, -0.1) is 0 Å². The molecule has 0 unspecified atom stereocenters. The van der Waals surface area contributed by atoms with Gasteiger partial charge in [0.25, 0.3) is 0 Å². The van der Waals surface area contributed by atoms with E-state index in [1.54, 1.807) is 0 Å². The van der Waals surface area contributed by atoms with Gasteiger partial charge in [0.1, 0.15) is 0 Å². The highest BCUT2D eigenvalue weighted by atomic mass is 16.6. The summed E-state index contributed by atoms with van der Waals surface area (Å²) in [4.78, 5) is 2.32. The molecular formula is C42H52BNO4. The molecule has 0 atom stereocenters. The first-order valence-corrected chi connectivity index (χ1v) is 17.4. The van der Waals surface area contributed by atoms with Gasteiger partial charge in [-0.2, -0.15) is 0 Å². The van der Waals surface area contributed by atoms with Crippen LogP contribution in [0, 0.1) is 41.5 Å². The molecule has 0 radical (unpaired) electrons. The van der Waals surface area contributed by atoms with Crippen LogP contribution in [0.1, 0.15) is 44.5 Å². The second kappa shape index (κ2) is 17.6. The zero-order valence-corrected chi connectivity index (χ0v) is 29.8. The van der Waals surface area contributed by atoms with E-state index in [1.165, 1.54) is 55.3 Å². The summed E-state index contributed by atoms with van der Waals surface area (Å²) < 4.78 is 22.7. The van der Waals surface area contributed by atoms with Crippen molar-refractivity contribution >= 4 is 40.9 Å². The summed E-state index contributed by atoms with van der Waals surface area (Å²) in [5.41, 5.74) is 15.7. The van der Waals surface area contributed by atoms with Crippen molar-refractivity contribution < 1.29 is 18.9 Å². The van der Waals surface area contributed by atoms with Crippen molar-refractivity contribution in [3.05, 3.63) is 117 Å². The van der Waals surface area contributed by atoms with Gasteiger partial charge in [-0.05, 0) is 64.8 Å². The van der Waals surface area contributed by atoms with E-state index in [4.69, 9.17) is 18.9 Å². The van der Waals surface area contributed by atoms with Crippen LogP contribution in [-0.2, 0) is 18.9 Å². The average molecular weight is 646 g/mol. The molecule has 1 heterocycles. The molecule has 0 amide bonds. The number of rotatable bonds is 6. The van der Waals surface area contributed by atoms with Crippen LogP contribution in [0.2, 0.25) is 0 Å². The summed E-state index contributed by atoms with van der Waals surface area (Å²) in [6, 6.07) is 27.2. The van der Waals surface area contributed by atoms with Gasteiger partial charge in [0, 0.05) is 18.8 Å². The van der Waals surface area contributed by atoms with Gasteiger partial charge in [0.15, 0.2) is 0 Å². The molecule has 5 nitrogen and oxygen atoms in total. The topological polar surface area (TPSA) is 40.2 Å². The molecule has 0 N–H and O–H groups in total. The Balaban J connectivity index is 1.32. The number of hydrogen-bond donors (Lipinski definition) is 0. The van der Waals surface area contributed by atoms with Crippen molar-refractivity contribution in [2.24, 2.45) is 0 Å². The Labute approximate surface area is 289 Å². The van der Waals surface area contributed by atoms with Crippen LogP contribution >= 0.6 is 0 Å².